The summed E-state index contributed by atoms with van der Waals surface area (Å²) in [6.07, 6.45) is 12.0. The number of aryl methyl sites for hydroxylation is 1. The average Bonchev–Trinajstić information content (AvgIpc) is 3.01. The number of aromatic nitrogens is 1. The van der Waals surface area contributed by atoms with Crippen molar-refractivity contribution < 1.29 is 4.79 Å². The SMILES string of the molecule is CCC1CC=C(C(=N)C(=O)/C=C\Nc2cccc(C)c2)C(C)C(c2cccc3cnccc23)C1. The molecule has 3 unspecified atom stereocenters. The Bertz CT molecular complexity index is 1250. The Morgan fingerprint density at radius 3 is 2.82 bits per heavy atom. The maximum absolute atomic E-state index is 13.0. The molecule has 3 atom stereocenters. The molecule has 0 bridgehead atoms. The van der Waals surface area contributed by atoms with Crippen molar-refractivity contribution in [2.45, 2.75) is 46.0 Å². The van der Waals surface area contributed by atoms with Gasteiger partial charge in [-0.25, -0.2) is 0 Å². The largest absolute Gasteiger partial charge is 0.362 e. The van der Waals surface area contributed by atoms with Gasteiger partial charge in [0.1, 0.15) is 5.71 Å². The summed E-state index contributed by atoms with van der Waals surface area (Å²) < 4.78 is 0. The lowest BCUT2D eigenvalue weighted by molar-refractivity contribution is -0.108. The molecule has 1 aliphatic rings. The molecule has 4 heteroatoms. The number of fused-ring (bicyclic) bond motifs is 1. The van der Waals surface area contributed by atoms with Gasteiger partial charge in [-0.2, -0.15) is 0 Å². The zero-order valence-corrected chi connectivity index (χ0v) is 20.2. The summed E-state index contributed by atoms with van der Waals surface area (Å²) in [5, 5.41) is 14.3. The molecular formula is C30H33N3O. The van der Waals surface area contributed by atoms with Crippen molar-refractivity contribution in [3.63, 3.8) is 0 Å². The van der Waals surface area contributed by atoms with E-state index in [4.69, 9.17) is 5.41 Å². The highest BCUT2D eigenvalue weighted by Crippen LogP contribution is 2.42. The van der Waals surface area contributed by atoms with Crippen LogP contribution in [0.25, 0.3) is 10.8 Å². The number of hydrogen-bond acceptors (Lipinski definition) is 4. The molecule has 1 aromatic heterocycles. The van der Waals surface area contributed by atoms with Crippen LogP contribution in [0.5, 0.6) is 0 Å². The summed E-state index contributed by atoms with van der Waals surface area (Å²) in [5.74, 6) is 0.579. The molecule has 0 radical (unpaired) electrons. The van der Waals surface area contributed by atoms with Crippen molar-refractivity contribution >= 4 is 28.0 Å². The fourth-order valence-electron chi connectivity index (χ4n) is 5.06. The van der Waals surface area contributed by atoms with Crippen molar-refractivity contribution in [1.29, 1.82) is 5.41 Å². The fourth-order valence-corrected chi connectivity index (χ4v) is 5.06. The molecule has 34 heavy (non-hydrogen) atoms. The topological polar surface area (TPSA) is 65.8 Å². The Kier molecular flexibility index (Phi) is 7.36. The number of hydrogen-bond donors (Lipinski definition) is 2. The van der Waals surface area contributed by atoms with Crippen LogP contribution in [-0.4, -0.2) is 16.5 Å². The highest BCUT2D eigenvalue weighted by molar-refractivity contribution is 6.48. The number of anilines is 1. The maximum Gasteiger partial charge on any atom is 0.205 e. The number of pyridine rings is 1. The number of nitrogens with zero attached hydrogens (tertiary/aromatic N) is 1. The minimum Gasteiger partial charge on any atom is -0.362 e. The molecule has 1 heterocycles. The predicted molar refractivity (Wildman–Crippen MR) is 141 cm³/mol. The van der Waals surface area contributed by atoms with Crippen LogP contribution in [0.4, 0.5) is 5.69 Å². The van der Waals surface area contributed by atoms with Crippen LogP contribution in [0, 0.1) is 24.2 Å². The predicted octanol–water partition coefficient (Wildman–Crippen LogP) is 7.22. The Labute approximate surface area is 202 Å². The van der Waals surface area contributed by atoms with E-state index < -0.39 is 0 Å². The van der Waals surface area contributed by atoms with E-state index in [2.05, 4.69) is 54.5 Å². The molecule has 0 aliphatic heterocycles. The normalized spacial score (nSPS) is 20.7. The van der Waals surface area contributed by atoms with Crippen molar-refractivity contribution in [2.75, 3.05) is 5.32 Å². The lowest BCUT2D eigenvalue weighted by Gasteiger charge is -2.28. The summed E-state index contributed by atoms with van der Waals surface area (Å²) in [6, 6.07) is 16.5. The quantitative estimate of drug-likeness (QED) is 0.294. The van der Waals surface area contributed by atoms with Crippen LogP contribution in [0.1, 0.15) is 50.2 Å². The minimum atomic E-state index is -0.269. The second-order valence-electron chi connectivity index (χ2n) is 9.33. The van der Waals surface area contributed by atoms with Crippen molar-refractivity contribution in [1.82, 2.24) is 4.98 Å². The third-order valence-electron chi connectivity index (χ3n) is 7.08. The number of allylic oxidation sites excluding steroid dienone is 3. The van der Waals surface area contributed by atoms with Gasteiger partial charge in [0.25, 0.3) is 0 Å². The zero-order chi connectivity index (χ0) is 24.1. The third kappa shape index (κ3) is 5.17. The number of rotatable bonds is 7. The summed E-state index contributed by atoms with van der Waals surface area (Å²) >= 11 is 0. The van der Waals surface area contributed by atoms with Gasteiger partial charge >= 0.3 is 0 Å². The Balaban J connectivity index is 1.58. The summed E-state index contributed by atoms with van der Waals surface area (Å²) in [7, 11) is 0. The number of carbonyl (C=O) groups excluding carboxylic acids is 1. The average molecular weight is 452 g/mol. The van der Waals surface area contributed by atoms with Gasteiger partial charge in [0.15, 0.2) is 0 Å². The van der Waals surface area contributed by atoms with E-state index in [1.165, 1.54) is 17.0 Å². The molecule has 2 N–H and O–H groups in total. The van der Waals surface area contributed by atoms with Crippen molar-refractivity contribution in [3.8, 4) is 0 Å². The van der Waals surface area contributed by atoms with Crippen LogP contribution in [0.2, 0.25) is 0 Å². The van der Waals surface area contributed by atoms with Crippen molar-refractivity contribution in [2.24, 2.45) is 11.8 Å². The Morgan fingerprint density at radius 1 is 1.21 bits per heavy atom. The van der Waals surface area contributed by atoms with Gasteiger partial charge < -0.3 is 5.32 Å². The summed E-state index contributed by atoms with van der Waals surface area (Å²) in [6.45, 7) is 6.43. The van der Waals surface area contributed by atoms with Gasteiger partial charge in [0.2, 0.25) is 5.78 Å². The molecule has 0 spiro atoms. The van der Waals surface area contributed by atoms with Gasteiger partial charge in [-0.1, -0.05) is 56.7 Å². The van der Waals surface area contributed by atoms with Crippen LogP contribution in [0.15, 0.2) is 84.8 Å². The highest BCUT2D eigenvalue weighted by atomic mass is 16.1. The summed E-state index contributed by atoms with van der Waals surface area (Å²) in [5.41, 5.74) is 4.32. The molecule has 2 aromatic carbocycles. The highest BCUT2D eigenvalue weighted by Gasteiger charge is 2.31. The smallest absolute Gasteiger partial charge is 0.205 e. The molecule has 1 aliphatic carbocycles. The molecule has 3 aromatic rings. The molecular weight excluding hydrogens is 418 g/mol. The fraction of sp³-hybridized carbons (Fsp3) is 0.300. The number of ketones is 1. The first kappa shape index (κ1) is 23.6. The Hall–Kier alpha value is -3.53. The van der Waals surface area contributed by atoms with Crippen LogP contribution in [0.3, 0.4) is 0 Å². The van der Waals surface area contributed by atoms with E-state index in [1.807, 2.05) is 43.6 Å². The second kappa shape index (κ2) is 10.6. The monoisotopic (exact) mass is 451 g/mol. The maximum atomic E-state index is 13.0. The summed E-state index contributed by atoms with van der Waals surface area (Å²) in [4.78, 5) is 17.2. The van der Waals surface area contributed by atoms with Gasteiger partial charge in [0, 0.05) is 35.7 Å². The van der Waals surface area contributed by atoms with E-state index >= 15 is 0 Å². The minimum absolute atomic E-state index is 0.0740. The van der Waals surface area contributed by atoms with Gasteiger partial charge in [-0.05, 0) is 77.8 Å². The van der Waals surface area contributed by atoms with Gasteiger partial charge in [-0.3, -0.25) is 15.2 Å². The van der Waals surface area contributed by atoms with Gasteiger partial charge in [0.05, 0.1) is 0 Å². The standard InChI is InChI=1S/C30H33N3O/c1-4-22-11-12-25(30(31)29(34)14-16-33-24-9-5-7-20(2)17-24)21(3)28(18-22)27-10-6-8-23-19-32-15-13-26(23)27/h5-10,12-17,19,21-22,28,31,33H,4,11,18H2,1-3H3/b16-14-,31-30?. The Morgan fingerprint density at radius 2 is 2.03 bits per heavy atom. The van der Waals surface area contributed by atoms with Crippen LogP contribution < -0.4 is 5.32 Å². The van der Waals surface area contributed by atoms with E-state index in [1.54, 1.807) is 6.20 Å². The van der Waals surface area contributed by atoms with Crippen LogP contribution in [-0.2, 0) is 4.79 Å². The molecule has 4 nitrogen and oxygen atoms in total. The second-order valence-corrected chi connectivity index (χ2v) is 9.33. The number of benzene rings is 2. The van der Waals surface area contributed by atoms with E-state index in [0.717, 1.165) is 41.5 Å². The van der Waals surface area contributed by atoms with E-state index in [9.17, 15) is 4.79 Å². The van der Waals surface area contributed by atoms with Gasteiger partial charge in [-0.15, -0.1) is 0 Å². The first-order valence-corrected chi connectivity index (χ1v) is 12.1. The lowest BCUT2D eigenvalue weighted by atomic mass is 9.76. The van der Waals surface area contributed by atoms with E-state index in [0.29, 0.717) is 5.92 Å². The number of carbonyl (C=O) groups is 1. The molecule has 0 amide bonds. The first-order valence-electron chi connectivity index (χ1n) is 12.1. The van der Waals surface area contributed by atoms with E-state index in [-0.39, 0.29) is 23.3 Å². The lowest BCUT2D eigenvalue weighted by Crippen LogP contribution is -2.22. The molecule has 174 valence electrons. The molecule has 0 fully saturated rings. The zero-order valence-electron chi connectivity index (χ0n) is 20.2. The van der Waals surface area contributed by atoms with Crippen LogP contribution >= 0.6 is 0 Å². The molecule has 0 saturated carbocycles. The molecule has 4 rings (SSSR count). The first-order chi connectivity index (χ1) is 16.5. The van der Waals surface area contributed by atoms with Crippen molar-refractivity contribution in [3.05, 3.63) is 96.0 Å². The third-order valence-corrected chi connectivity index (χ3v) is 7.08. The number of nitrogens with one attached hydrogen (secondary N) is 2. The molecule has 0 saturated heterocycles.